The Morgan fingerprint density at radius 1 is 1.50 bits per heavy atom. The molecule has 2 nitrogen and oxygen atoms in total. The number of halogens is 1. The Bertz CT molecular complexity index is 423. The van der Waals surface area contributed by atoms with Gasteiger partial charge in [0.25, 0.3) is 0 Å². The Morgan fingerprint density at radius 3 is 2.81 bits per heavy atom. The molecular formula is C12H14BrNOS. The van der Waals surface area contributed by atoms with Gasteiger partial charge in [-0.05, 0) is 52.5 Å². The van der Waals surface area contributed by atoms with E-state index < -0.39 is 0 Å². The number of furan rings is 1. The zero-order chi connectivity index (χ0) is 11.5. The Labute approximate surface area is 108 Å². The molecule has 2 heterocycles. The van der Waals surface area contributed by atoms with Gasteiger partial charge in [0.15, 0.2) is 4.67 Å². The highest BCUT2D eigenvalue weighted by molar-refractivity contribution is 9.10. The second-order valence-electron chi connectivity index (χ2n) is 3.61. The van der Waals surface area contributed by atoms with Crippen LogP contribution in [0, 0.1) is 6.92 Å². The Balaban J connectivity index is 2.39. The zero-order valence-electron chi connectivity index (χ0n) is 9.29. The third-order valence-corrected chi connectivity index (χ3v) is 4.26. The summed E-state index contributed by atoms with van der Waals surface area (Å²) in [5, 5.41) is 5.62. The highest BCUT2D eigenvalue weighted by atomic mass is 79.9. The van der Waals surface area contributed by atoms with Gasteiger partial charge in [-0.25, -0.2) is 0 Å². The van der Waals surface area contributed by atoms with Crippen LogP contribution in [0.5, 0.6) is 0 Å². The molecule has 2 aromatic rings. The summed E-state index contributed by atoms with van der Waals surface area (Å²) in [4.78, 5) is 1.35. The lowest BCUT2D eigenvalue weighted by atomic mass is 10.1. The van der Waals surface area contributed by atoms with E-state index in [0.29, 0.717) is 0 Å². The highest BCUT2D eigenvalue weighted by Gasteiger charge is 2.20. The standard InChI is InChI=1S/C12H14BrNOS/c1-3-14-10(9-4-6-15-12(9)13)11-8(2)5-7-16-11/h4-7,10,14H,3H2,1-2H3. The van der Waals surface area contributed by atoms with Crippen molar-refractivity contribution >= 4 is 27.3 Å². The van der Waals surface area contributed by atoms with Gasteiger partial charge in [-0.3, -0.25) is 0 Å². The summed E-state index contributed by atoms with van der Waals surface area (Å²) in [5.74, 6) is 0. The van der Waals surface area contributed by atoms with E-state index in [9.17, 15) is 0 Å². The van der Waals surface area contributed by atoms with Crippen molar-refractivity contribution in [3.63, 3.8) is 0 Å². The van der Waals surface area contributed by atoms with Crippen molar-refractivity contribution in [1.82, 2.24) is 5.32 Å². The number of hydrogen-bond donors (Lipinski definition) is 1. The molecule has 0 fully saturated rings. The molecule has 0 aromatic carbocycles. The maximum atomic E-state index is 5.31. The SMILES string of the molecule is CCNC(c1ccoc1Br)c1sccc1C. The lowest BCUT2D eigenvalue weighted by Gasteiger charge is -2.16. The average Bonchev–Trinajstić information content (AvgIpc) is 2.84. The summed E-state index contributed by atoms with van der Waals surface area (Å²) in [6, 6.07) is 4.38. The molecule has 0 bridgehead atoms. The van der Waals surface area contributed by atoms with Gasteiger partial charge in [-0.15, -0.1) is 11.3 Å². The van der Waals surface area contributed by atoms with Gasteiger partial charge in [-0.2, -0.15) is 0 Å². The number of thiophene rings is 1. The minimum absolute atomic E-state index is 0.220. The molecular weight excluding hydrogens is 286 g/mol. The van der Waals surface area contributed by atoms with Gasteiger partial charge in [0, 0.05) is 10.4 Å². The van der Waals surface area contributed by atoms with E-state index in [0.717, 1.165) is 16.8 Å². The third-order valence-electron chi connectivity index (χ3n) is 2.53. The van der Waals surface area contributed by atoms with Crippen molar-refractivity contribution < 1.29 is 4.42 Å². The minimum atomic E-state index is 0.220. The van der Waals surface area contributed by atoms with E-state index in [4.69, 9.17) is 4.42 Å². The summed E-state index contributed by atoms with van der Waals surface area (Å²) in [6.07, 6.45) is 1.71. The topological polar surface area (TPSA) is 25.2 Å². The molecule has 0 aliphatic carbocycles. The Kier molecular flexibility index (Phi) is 3.84. The van der Waals surface area contributed by atoms with E-state index in [1.807, 2.05) is 6.07 Å². The number of hydrogen-bond acceptors (Lipinski definition) is 3. The van der Waals surface area contributed by atoms with Gasteiger partial charge in [0.1, 0.15) is 0 Å². The van der Waals surface area contributed by atoms with Crippen LogP contribution in [0.4, 0.5) is 0 Å². The molecule has 2 aromatic heterocycles. The summed E-state index contributed by atoms with van der Waals surface area (Å²) in [6.45, 7) is 5.19. The van der Waals surface area contributed by atoms with Crippen molar-refractivity contribution in [2.75, 3.05) is 6.54 Å². The quantitative estimate of drug-likeness (QED) is 0.919. The molecule has 86 valence electrons. The maximum absolute atomic E-state index is 5.31. The maximum Gasteiger partial charge on any atom is 0.174 e. The fourth-order valence-corrected chi connectivity index (χ4v) is 3.23. The molecule has 1 N–H and O–H groups in total. The Hall–Kier alpha value is -0.580. The molecule has 0 saturated carbocycles. The van der Waals surface area contributed by atoms with Crippen LogP contribution in [0.15, 0.2) is 32.9 Å². The molecule has 0 spiro atoms. The van der Waals surface area contributed by atoms with Crippen LogP contribution >= 0.6 is 27.3 Å². The largest absolute Gasteiger partial charge is 0.457 e. The first kappa shape index (κ1) is 11.9. The number of aryl methyl sites for hydroxylation is 1. The fourth-order valence-electron chi connectivity index (χ4n) is 1.74. The smallest absolute Gasteiger partial charge is 0.174 e. The van der Waals surface area contributed by atoms with E-state index in [2.05, 4.69) is 46.5 Å². The molecule has 0 aliphatic rings. The van der Waals surface area contributed by atoms with E-state index in [1.54, 1.807) is 17.6 Å². The van der Waals surface area contributed by atoms with E-state index in [-0.39, 0.29) is 6.04 Å². The summed E-state index contributed by atoms with van der Waals surface area (Å²) in [5.41, 5.74) is 2.48. The third kappa shape index (κ3) is 2.24. The molecule has 1 unspecified atom stereocenters. The molecule has 0 radical (unpaired) electrons. The average molecular weight is 300 g/mol. The normalized spacial score (nSPS) is 12.9. The van der Waals surface area contributed by atoms with E-state index >= 15 is 0 Å². The van der Waals surface area contributed by atoms with Gasteiger partial charge < -0.3 is 9.73 Å². The van der Waals surface area contributed by atoms with Gasteiger partial charge >= 0.3 is 0 Å². The van der Waals surface area contributed by atoms with Crippen molar-refractivity contribution in [2.24, 2.45) is 0 Å². The second-order valence-corrected chi connectivity index (χ2v) is 5.28. The zero-order valence-corrected chi connectivity index (χ0v) is 11.7. The minimum Gasteiger partial charge on any atom is -0.457 e. The first-order valence-corrected chi connectivity index (χ1v) is 6.91. The fraction of sp³-hybridized carbons (Fsp3) is 0.333. The molecule has 1 atom stereocenters. The first-order chi connectivity index (χ1) is 7.74. The summed E-state index contributed by atoms with van der Waals surface area (Å²) >= 11 is 5.22. The monoisotopic (exact) mass is 299 g/mol. The molecule has 2 rings (SSSR count). The summed E-state index contributed by atoms with van der Waals surface area (Å²) in [7, 11) is 0. The van der Waals surface area contributed by atoms with Gasteiger partial charge in [0.2, 0.25) is 0 Å². The predicted octanol–water partition coefficient (Wildman–Crippen LogP) is 4.11. The van der Waals surface area contributed by atoms with Crippen LogP contribution in [0.2, 0.25) is 0 Å². The van der Waals surface area contributed by atoms with Crippen LogP contribution in [0.25, 0.3) is 0 Å². The van der Waals surface area contributed by atoms with Crippen molar-refractivity contribution in [1.29, 1.82) is 0 Å². The number of rotatable bonds is 4. The van der Waals surface area contributed by atoms with Crippen molar-refractivity contribution in [3.8, 4) is 0 Å². The molecule has 0 saturated heterocycles. The lowest BCUT2D eigenvalue weighted by molar-refractivity contribution is 0.527. The van der Waals surface area contributed by atoms with Crippen LogP contribution in [-0.4, -0.2) is 6.54 Å². The first-order valence-electron chi connectivity index (χ1n) is 5.24. The van der Waals surface area contributed by atoms with Gasteiger partial charge in [0.05, 0.1) is 12.3 Å². The van der Waals surface area contributed by atoms with E-state index in [1.165, 1.54) is 10.4 Å². The van der Waals surface area contributed by atoms with Crippen molar-refractivity contribution in [2.45, 2.75) is 19.9 Å². The van der Waals surface area contributed by atoms with Crippen LogP contribution in [0.1, 0.15) is 29.0 Å². The summed E-state index contributed by atoms with van der Waals surface area (Å²) < 4.78 is 6.12. The lowest BCUT2D eigenvalue weighted by Crippen LogP contribution is -2.21. The Morgan fingerprint density at radius 2 is 2.31 bits per heavy atom. The number of nitrogens with one attached hydrogen (secondary N) is 1. The predicted molar refractivity (Wildman–Crippen MR) is 71.0 cm³/mol. The van der Waals surface area contributed by atoms with Crippen molar-refractivity contribution in [3.05, 3.63) is 44.4 Å². The molecule has 0 aliphatic heterocycles. The van der Waals surface area contributed by atoms with Crippen LogP contribution in [0.3, 0.4) is 0 Å². The van der Waals surface area contributed by atoms with Crippen LogP contribution < -0.4 is 5.32 Å². The van der Waals surface area contributed by atoms with Crippen LogP contribution in [-0.2, 0) is 0 Å². The van der Waals surface area contributed by atoms with Gasteiger partial charge in [-0.1, -0.05) is 6.92 Å². The molecule has 16 heavy (non-hydrogen) atoms. The highest BCUT2D eigenvalue weighted by Crippen LogP contribution is 2.33. The molecule has 0 amide bonds. The second kappa shape index (κ2) is 5.17. The molecule has 4 heteroatoms.